The van der Waals surface area contributed by atoms with Crippen LogP contribution in [-0.4, -0.2) is 37.2 Å². The van der Waals surface area contributed by atoms with E-state index in [9.17, 15) is 14.4 Å². The van der Waals surface area contributed by atoms with Crippen LogP contribution in [0.5, 0.6) is 0 Å². The predicted molar refractivity (Wildman–Crippen MR) is 151 cm³/mol. The number of ether oxygens (including phenoxy) is 1. The summed E-state index contributed by atoms with van der Waals surface area (Å²) in [4.78, 5) is 38.5. The van der Waals surface area contributed by atoms with E-state index in [-0.39, 0.29) is 17.5 Å². The van der Waals surface area contributed by atoms with E-state index in [0.717, 1.165) is 43.4 Å². The van der Waals surface area contributed by atoms with E-state index in [1.54, 1.807) is 11.8 Å². The van der Waals surface area contributed by atoms with Crippen molar-refractivity contribution in [1.29, 1.82) is 0 Å². The Morgan fingerprint density at radius 3 is 2.11 bits per heavy atom. The Morgan fingerprint density at radius 1 is 0.811 bits per heavy atom. The predicted octanol–water partition coefficient (Wildman–Crippen LogP) is 7.31. The molecule has 0 radical (unpaired) electrons. The minimum Gasteiger partial charge on any atom is -0.380 e. The smallest absolute Gasteiger partial charge is 0.227 e. The van der Waals surface area contributed by atoms with Gasteiger partial charge < -0.3 is 14.4 Å². The Kier molecular flexibility index (Phi) is 13.9. The minimum absolute atomic E-state index is 0.0756. The molecule has 0 N–H and O–H groups in total. The number of hydrogen-bond acceptors (Lipinski definition) is 4. The fraction of sp³-hybridized carbons (Fsp3) is 0.531. The molecule has 5 heteroatoms. The number of ketones is 2. The van der Waals surface area contributed by atoms with Crippen molar-refractivity contribution in [3.63, 3.8) is 0 Å². The van der Waals surface area contributed by atoms with Crippen LogP contribution in [0.15, 0.2) is 48.5 Å². The molecule has 0 saturated carbocycles. The lowest BCUT2D eigenvalue weighted by molar-refractivity contribution is -0.119. The van der Waals surface area contributed by atoms with E-state index in [1.165, 1.54) is 11.1 Å². The zero-order valence-corrected chi connectivity index (χ0v) is 23.3. The number of rotatable bonds is 18. The molecule has 0 aromatic heterocycles. The molecule has 0 aliphatic heterocycles. The number of benzene rings is 2. The number of amides is 1. The molecule has 2 rings (SSSR count). The van der Waals surface area contributed by atoms with Crippen LogP contribution in [0.25, 0.3) is 0 Å². The lowest BCUT2D eigenvalue weighted by Crippen LogP contribution is -2.34. The van der Waals surface area contributed by atoms with Crippen molar-refractivity contribution >= 4 is 23.2 Å². The Labute approximate surface area is 223 Å². The monoisotopic (exact) mass is 507 g/mol. The molecule has 37 heavy (non-hydrogen) atoms. The standard InChI is InChI=1S/C32H45NO4/c1-5-25(3)28-16-18-29(19-17-28)31(35)12-10-23-37-24-22-33(30-20-14-27(6-2)15-21-30)32(36)13-9-7-8-11-26(4)34/h14-21,25H,5-13,22-24H2,1-4H3. The molecular weight excluding hydrogens is 462 g/mol. The van der Waals surface area contributed by atoms with Crippen LogP contribution in [0.4, 0.5) is 5.69 Å². The molecule has 2 aromatic rings. The van der Waals surface area contributed by atoms with Gasteiger partial charge in [-0.1, -0.05) is 63.6 Å². The lowest BCUT2D eigenvalue weighted by atomic mass is 9.96. The van der Waals surface area contributed by atoms with Gasteiger partial charge in [0.2, 0.25) is 5.91 Å². The first-order valence-corrected chi connectivity index (χ1v) is 13.9. The second-order valence-electron chi connectivity index (χ2n) is 9.90. The van der Waals surface area contributed by atoms with E-state index in [0.29, 0.717) is 51.4 Å². The van der Waals surface area contributed by atoms with Gasteiger partial charge in [-0.15, -0.1) is 0 Å². The Bertz CT molecular complexity index is 965. The molecule has 0 aliphatic carbocycles. The van der Waals surface area contributed by atoms with Crippen LogP contribution in [-0.2, 0) is 20.7 Å². The van der Waals surface area contributed by atoms with Crippen molar-refractivity contribution in [3.8, 4) is 0 Å². The highest BCUT2D eigenvalue weighted by atomic mass is 16.5. The first-order chi connectivity index (χ1) is 17.8. The maximum Gasteiger partial charge on any atom is 0.227 e. The number of unbranched alkanes of at least 4 members (excludes halogenated alkanes) is 2. The molecule has 0 fully saturated rings. The highest BCUT2D eigenvalue weighted by Gasteiger charge is 2.16. The van der Waals surface area contributed by atoms with Gasteiger partial charge >= 0.3 is 0 Å². The highest BCUT2D eigenvalue weighted by molar-refractivity contribution is 5.96. The van der Waals surface area contributed by atoms with Crippen LogP contribution >= 0.6 is 0 Å². The highest BCUT2D eigenvalue weighted by Crippen LogP contribution is 2.20. The zero-order valence-electron chi connectivity index (χ0n) is 23.3. The van der Waals surface area contributed by atoms with Gasteiger partial charge in [-0.3, -0.25) is 9.59 Å². The zero-order chi connectivity index (χ0) is 27.0. The van der Waals surface area contributed by atoms with Crippen LogP contribution in [0.2, 0.25) is 0 Å². The van der Waals surface area contributed by atoms with E-state index < -0.39 is 0 Å². The molecule has 0 aliphatic rings. The maximum atomic E-state index is 13.0. The number of anilines is 1. The van der Waals surface area contributed by atoms with Gasteiger partial charge in [0.1, 0.15) is 5.78 Å². The van der Waals surface area contributed by atoms with Crippen molar-refractivity contribution in [2.45, 2.75) is 91.4 Å². The summed E-state index contributed by atoms with van der Waals surface area (Å²) >= 11 is 0. The number of Topliss-reactive ketones (excluding diaryl/α,β-unsaturated/α-hetero) is 2. The van der Waals surface area contributed by atoms with Crippen molar-refractivity contribution < 1.29 is 19.1 Å². The number of nitrogens with zero attached hydrogens (tertiary/aromatic N) is 1. The SMILES string of the molecule is CCc1ccc(N(CCOCCCC(=O)c2ccc(C(C)CC)cc2)C(=O)CCCCCC(C)=O)cc1. The average Bonchev–Trinajstić information content (AvgIpc) is 2.91. The van der Waals surface area contributed by atoms with E-state index in [4.69, 9.17) is 4.74 Å². The number of carbonyl (C=O) groups is 3. The molecule has 1 unspecified atom stereocenters. The van der Waals surface area contributed by atoms with Gasteiger partial charge in [0.15, 0.2) is 5.78 Å². The molecular formula is C32H45NO4. The first-order valence-electron chi connectivity index (χ1n) is 13.9. The normalized spacial score (nSPS) is 11.8. The largest absolute Gasteiger partial charge is 0.380 e. The molecule has 0 bridgehead atoms. The van der Waals surface area contributed by atoms with Crippen molar-refractivity contribution in [2.75, 3.05) is 24.7 Å². The summed E-state index contributed by atoms with van der Waals surface area (Å²) in [5, 5.41) is 0. The Balaban J connectivity index is 1.79. The average molecular weight is 508 g/mol. The Morgan fingerprint density at radius 2 is 1.49 bits per heavy atom. The molecule has 1 amide bonds. The first kappa shape index (κ1) is 30.4. The summed E-state index contributed by atoms with van der Waals surface area (Å²) in [7, 11) is 0. The van der Waals surface area contributed by atoms with E-state index in [2.05, 4.69) is 45.0 Å². The molecule has 2 aromatic carbocycles. The summed E-state index contributed by atoms with van der Waals surface area (Å²) in [5.41, 5.74) is 4.13. The van der Waals surface area contributed by atoms with E-state index >= 15 is 0 Å². The third kappa shape index (κ3) is 11.0. The summed E-state index contributed by atoms with van der Waals surface area (Å²) in [5.74, 6) is 0.909. The summed E-state index contributed by atoms with van der Waals surface area (Å²) in [6.45, 7) is 9.46. The fourth-order valence-corrected chi connectivity index (χ4v) is 4.24. The minimum atomic E-state index is 0.0756. The maximum absolute atomic E-state index is 13.0. The molecule has 1 atom stereocenters. The second-order valence-corrected chi connectivity index (χ2v) is 9.90. The van der Waals surface area contributed by atoms with Gasteiger partial charge in [-0.25, -0.2) is 0 Å². The van der Waals surface area contributed by atoms with Gasteiger partial charge in [0.25, 0.3) is 0 Å². The molecule has 5 nitrogen and oxygen atoms in total. The van der Waals surface area contributed by atoms with Crippen molar-refractivity contribution in [1.82, 2.24) is 0 Å². The van der Waals surface area contributed by atoms with Gasteiger partial charge in [0.05, 0.1) is 6.61 Å². The number of hydrogen-bond donors (Lipinski definition) is 0. The molecule has 0 heterocycles. The van der Waals surface area contributed by atoms with Crippen molar-refractivity contribution in [3.05, 3.63) is 65.2 Å². The van der Waals surface area contributed by atoms with Crippen LogP contribution in [0.1, 0.15) is 106 Å². The molecule has 0 saturated heterocycles. The van der Waals surface area contributed by atoms with Crippen molar-refractivity contribution in [2.24, 2.45) is 0 Å². The van der Waals surface area contributed by atoms with Gasteiger partial charge in [-0.2, -0.15) is 0 Å². The van der Waals surface area contributed by atoms with Crippen LogP contribution < -0.4 is 4.90 Å². The summed E-state index contributed by atoms with van der Waals surface area (Å²) in [6, 6.07) is 16.1. The topological polar surface area (TPSA) is 63.7 Å². The van der Waals surface area contributed by atoms with E-state index in [1.807, 2.05) is 24.3 Å². The van der Waals surface area contributed by atoms with Gasteiger partial charge in [-0.05, 0) is 68.2 Å². The molecule has 202 valence electrons. The number of aryl methyl sites for hydroxylation is 1. The number of carbonyl (C=O) groups excluding carboxylic acids is 3. The van der Waals surface area contributed by atoms with Crippen LogP contribution in [0.3, 0.4) is 0 Å². The fourth-order valence-electron chi connectivity index (χ4n) is 4.24. The quantitative estimate of drug-likeness (QED) is 0.157. The van der Waals surface area contributed by atoms with Gasteiger partial charge in [0, 0.05) is 43.7 Å². The third-order valence-electron chi connectivity index (χ3n) is 6.94. The third-order valence-corrected chi connectivity index (χ3v) is 6.94. The second kappa shape index (κ2) is 16.9. The van der Waals surface area contributed by atoms with Crippen LogP contribution in [0, 0.1) is 0 Å². The summed E-state index contributed by atoms with van der Waals surface area (Å²) in [6.07, 6.45) is 6.65. The lowest BCUT2D eigenvalue weighted by Gasteiger charge is -2.23. The molecule has 0 spiro atoms. The Hall–Kier alpha value is -2.79. The summed E-state index contributed by atoms with van der Waals surface area (Å²) < 4.78 is 5.82.